The van der Waals surface area contributed by atoms with E-state index < -0.39 is 0 Å². The molecular weight excluding hydrogens is 216 g/mol. The third kappa shape index (κ3) is 2.91. The number of quaternary nitrogens is 1. The van der Waals surface area contributed by atoms with Crippen molar-refractivity contribution >= 4 is 11.6 Å². The van der Waals surface area contributed by atoms with Crippen molar-refractivity contribution in [1.29, 1.82) is 0 Å². The van der Waals surface area contributed by atoms with Crippen LogP contribution in [0.5, 0.6) is 0 Å². The van der Waals surface area contributed by atoms with Crippen molar-refractivity contribution in [2.45, 2.75) is 13.3 Å². The zero-order chi connectivity index (χ0) is 12.3. The zero-order valence-electron chi connectivity index (χ0n) is 10.6. The van der Waals surface area contributed by atoms with Crippen LogP contribution in [0.1, 0.15) is 12.1 Å². The third-order valence-electron chi connectivity index (χ3n) is 2.57. The Balaban J connectivity index is 2.04. The number of nitrogens with zero attached hydrogens (tertiary/aromatic N) is 4. The van der Waals surface area contributed by atoms with Crippen LogP contribution in [-0.2, 0) is 0 Å². The molecule has 0 aliphatic heterocycles. The van der Waals surface area contributed by atoms with E-state index in [2.05, 4.69) is 34.6 Å². The number of nitrogens with one attached hydrogen (secondary N) is 2. The molecule has 2 heterocycles. The summed E-state index contributed by atoms with van der Waals surface area (Å²) in [5.74, 6) is 1.65. The van der Waals surface area contributed by atoms with Gasteiger partial charge in [-0.3, -0.25) is 4.40 Å². The maximum absolute atomic E-state index is 4.30. The third-order valence-corrected chi connectivity index (χ3v) is 2.57. The number of hydrogen-bond acceptors (Lipinski definition) is 4. The molecule has 2 aromatic heterocycles. The largest absolute Gasteiger partial charge is 0.371 e. The number of aryl methyl sites for hydroxylation is 1. The van der Waals surface area contributed by atoms with Crippen LogP contribution >= 0.6 is 0 Å². The molecule has 2 N–H and O–H groups in total. The van der Waals surface area contributed by atoms with Crippen LogP contribution < -0.4 is 10.2 Å². The lowest BCUT2D eigenvalue weighted by molar-refractivity contribution is -0.858. The first-order valence-electron chi connectivity index (χ1n) is 5.87. The van der Waals surface area contributed by atoms with Gasteiger partial charge in [0, 0.05) is 24.7 Å². The highest BCUT2D eigenvalue weighted by Crippen LogP contribution is 2.10. The van der Waals surface area contributed by atoms with Crippen molar-refractivity contribution < 1.29 is 4.90 Å². The van der Waals surface area contributed by atoms with Crippen molar-refractivity contribution in [1.82, 2.24) is 19.6 Å². The first-order valence-corrected chi connectivity index (χ1v) is 5.87. The van der Waals surface area contributed by atoms with Crippen LogP contribution in [-0.4, -0.2) is 46.8 Å². The monoisotopic (exact) mass is 235 g/mol. The molecule has 0 aliphatic rings. The number of fused-ring (bicyclic) bond motifs is 1. The van der Waals surface area contributed by atoms with Crippen molar-refractivity contribution in [3.05, 3.63) is 18.1 Å². The quantitative estimate of drug-likeness (QED) is 0.678. The van der Waals surface area contributed by atoms with E-state index in [0.717, 1.165) is 31.0 Å². The highest BCUT2D eigenvalue weighted by molar-refractivity contribution is 5.45. The van der Waals surface area contributed by atoms with Gasteiger partial charge in [0.05, 0.1) is 20.6 Å². The molecular formula is C11H19N6+. The summed E-state index contributed by atoms with van der Waals surface area (Å²) in [6.45, 7) is 4.06. The van der Waals surface area contributed by atoms with Crippen molar-refractivity contribution in [3.63, 3.8) is 0 Å². The minimum atomic E-state index is 0.644. The van der Waals surface area contributed by atoms with E-state index in [4.69, 9.17) is 0 Å². The number of aromatic nitrogens is 4. The standard InChI is InChI=1S/C11H18N6/c1-9-7-10(12-5-4-6-16(2)3)17-8-13-15-11(17)14-9/h7-8,12H,4-6H2,1-3H3/p+1. The van der Waals surface area contributed by atoms with Crippen LogP contribution in [0.2, 0.25) is 0 Å². The van der Waals surface area contributed by atoms with E-state index in [1.54, 1.807) is 6.33 Å². The lowest BCUT2D eigenvalue weighted by atomic mass is 10.3. The Kier molecular flexibility index (Phi) is 3.53. The molecule has 17 heavy (non-hydrogen) atoms. The fourth-order valence-corrected chi connectivity index (χ4v) is 1.73. The summed E-state index contributed by atoms with van der Waals surface area (Å²) in [7, 11) is 4.32. The molecule has 0 unspecified atom stereocenters. The SMILES string of the molecule is Cc1cc(NCCC[NH+](C)C)n2cnnc2n1. The maximum atomic E-state index is 4.30. The molecule has 0 radical (unpaired) electrons. The molecule has 0 bridgehead atoms. The zero-order valence-corrected chi connectivity index (χ0v) is 10.6. The molecule has 2 aromatic rings. The fraction of sp³-hybridized carbons (Fsp3) is 0.545. The first kappa shape index (κ1) is 11.8. The molecule has 0 saturated carbocycles. The number of rotatable bonds is 5. The maximum Gasteiger partial charge on any atom is 0.256 e. The van der Waals surface area contributed by atoms with Crippen molar-refractivity contribution in [2.24, 2.45) is 0 Å². The number of hydrogen-bond donors (Lipinski definition) is 2. The molecule has 0 amide bonds. The normalized spacial score (nSPS) is 11.3. The summed E-state index contributed by atoms with van der Waals surface area (Å²) in [4.78, 5) is 5.76. The van der Waals surface area contributed by atoms with E-state index in [1.165, 1.54) is 4.90 Å². The molecule has 0 atom stereocenters. The second-order valence-electron chi connectivity index (χ2n) is 4.52. The smallest absolute Gasteiger partial charge is 0.256 e. The summed E-state index contributed by atoms with van der Waals surface area (Å²) in [6.07, 6.45) is 2.81. The van der Waals surface area contributed by atoms with Gasteiger partial charge < -0.3 is 10.2 Å². The second-order valence-corrected chi connectivity index (χ2v) is 4.52. The molecule has 0 spiro atoms. The van der Waals surface area contributed by atoms with Gasteiger partial charge in [-0.05, 0) is 6.92 Å². The van der Waals surface area contributed by atoms with Gasteiger partial charge in [0.25, 0.3) is 5.78 Å². The van der Waals surface area contributed by atoms with Crippen LogP contribution in [0.3, 0.4) is 0 Å². The van der Waals surface area contributed by atoms with Gasteiger partial charge in [-0.15, -0.1) is 10.2 Å². The molecule has 0 saturated heterocycles. The summed E-state index contributed by atoms with van der Waals surface area (Å²) in [6, 6.07) is 2.01. The van der Waals surface area contributed by atoms with Crippen molar-refractivity contribution in [3.8, 4) is 0 Å². The molecule has 0 aromatic carbocycles. The Hall–Kier alpha value is -1.69. The predicted octanol–water partition coefficient (Wildman–Crippen LogP) is -0.621. The van der Waals surface area contributed by atoms with Gasteiger partial charge in [0.15, 0.2) is 0 Å². The van der Waals surface area contributed by atoms with Crippen LogP contribution in [0, 0.1) is 6.92 Å². The molecule has 92 valence electrons. The minimum Gasteiger partial charge on any atom is -0.371 e. The summed E-state index contributed by atoms with van der Waals surface area (Å²) < 4.78 is 1.87. The van der Waals surface area contributed by atoms with E-state index in [0.29, 0.717) is 5.78 Å². The van der Waals surface area contributed by atoms with E-state index in [9.17, 15) is 0 Å². The van der Waals surface area contributed by atoms with E-state index >= 15 is 0 Å². The molecule has 6 nitrogen and oxygen atoms in total. The topological polar surface area (TPSA) is 59.5 Å². The second kappa shape index (κ2) is 5.09. The minimum absolute atomic E-state index is 0.644. The predicted molar refractivity (Wildman–Crippen MR) is 66.3 cm³/mol. The van der Waals surface area contributed by atoms with Gasteiger partial charge in [-0.25, -0.2) is 4.98 Å². The fourth-order valence-electron chi connectivity index (χ4n) is 1.73. The molecule has 0 aliphatic carbocycles. The Morgan fingerprint density at radius 3 is 3.00 bits per heavy atom. The van der Waals surface area contributed by atoms with Crippen LogP contribution in [0.25, 0.3) is 5.78 Å². The lowest BCUT2D eigenvalue weighted by Crippen LogP contribution is -3.05. The van der Waals surface area contributed by atoms with Gasteiger partial charge in [-0.2, -0.15) is 0 Å². The lowest BCUT2D eigenvalue weighted by Gasteiger charge is -2.10. The van der Waals surface area contributed by atoms with Crippen LogP contribution in [0.4, 0.5) is 5.82 Å². The Bertz CT molecular complexity index is 490. The van der Waals surface area contributed by atoms with Crippen LogP contribution in [0.15, 0.2) is 12.4 Å². The average Bonchev–Trinajstić information content (AvgIpc) is 2.71. The van der Waals surface area contributed by atoms with Gasteiger partial charge >= 0.3 is 0 Å². The average molecular weight is 235 g/mol. The summed E-state index contributed by atoms with van der Waals surface area (Å²) >= 11 is 0. The summed E-state index contributed by atoms with van der Waals surface area (Å²) in [5.41, 5.74) is 0.950. The van der Waals surface area contributed by atoms with Gasteiger partial charge in [0.1, 0.15) is 12.1 Å². The first-order chi connectivity index (χ1) is 8.16. The highest BCUT2D eigenvalue weighted by atomic mass is 15.3. The molecule has 6 heteroatoms. The summed E-state index contributed by atoms with van der Waals surface area (Å²) in [5, 5.41) is 11.2. The van der Waals surface area contributed by atoms with E-state index in [-0.39, 0.29) is 0 Å². The Labute approximate surface area is 101 Å². The highest BCUT2D eigenvalue weighted by Gasteiger charge is 2.04. The van der Waals surface area contributed by atoms with Crippen molar-refractivity contribution in [2.75, 3.05) is 32.5 Å². The Morgan fingerprint density at radius 2 is 2.24 bits per heavy atom. The van der Waals surface area contributed by atoms with E-state index in [1.807, 2.05) is 17.4 Å². The molecule has 0 fully saturated rings. The van der Waals surface area contributed by atoms with Gasteiger partial charge in [0.2, 0.25) is 0 Å². The molecule has 2 rings (SSSR count). The Morgan fingerprint density at radius 1 is 1.41 bits per heavy atom. The van der Waals surface area contributed by atoms with Gasteiger partial charge in [-0.1, -0.05) is 0 Å². The number of anilines is 1.